The van der Waals surface area contributed by atoms with Crippen molar-refractivity contribution in [2.75, 3.05) is 26.2 Å². The molecule has 2 aliphatic heterocycles. The van der Waals surface area contributed by atoms with Crippen molar-refractivity contribution >= 4 is 27.0 Å². The van der Waals surface area contributed by atoms with E-state index in [4.69, 9.17) is 4.98 Å². The van der Waals surface area contributed by atoms with Crippen molar-refractivity contribution in [2.45, 2.75) is 42.9 Å². The fourth-order valence-electron chi connectivity index (χ4n) is 4.78. The molecule has 0 spiro atoms. The van der Waals surface area contributed by atoms with Gasteiger partial charge in [-0.3, -0.25) is 4.79 Å². The number of hydrogen-bond donors (Lipinski definition) is 1. The van der Waals surface area contributed by atoms with E-state index in [0.29, 0.717) is 31.7 Å². The summed E-state index contributed by atoms with van der Waals surface area (Å²) in [5.74, 6) is 0.923. The van der Waals surface area contributed by atoms with E-state index in [9.17, 15) is 13.2 Å². The number of carbonyl (C=O) groups excluding carboxylic acids is 1. The van der Waals surface area contributed by atoms with Gasteiger partial charge in [0.05, 0.1) is 15.9 Å². The Morgan fingerprint density at radius 1 is 0.969 bits per heavy atom. The number of fused-ring (bicyclic) bond motifs is 1. The van der Waals surface area contributed by atoms with Crippen LogP contribution in [0.3, 0.4) is 0 Å². The number of amides is 1. The predicted octanol–water partition coefficient (Wildman–Crippen LogP) is 3.76. The van der Waals surface area contributed by atoms with Gasteiger partial charge in [-0.05, 0) is 56.0 Å². The average Bonchev–Trinajstić information content (AvgIpc) is 3.29. The maximum absolute atomic E-state index is 13.3. The molecule has 1 N–H and O–H groups in total. The summed E-state index contributed by atoms with van der Waals surface area (Å²) in [5.41, 5.74) is 2.36. The summed E-state index contributed by atoms with van der Waals surface area (Å²) in [5, 5.41) is 0. The topological polar surface area (TPSA) is 86.4 Å². The molecular formula is C24H28N4O3S. The van der Waals surface area contributed by atoms with Gasteiger partial charge < -0.3 is 9.88 Å². The van der Waals surface area contributed by atoms with Gasteiger partial charge >= 0.3 is 0 Å². The van der Waals surface area contributed by atoms with Crippen LogP contribution in [-0.2, 0) is 10.0 Å². The number of hydrogen-bond acceptors (Lipinski definition) is 4. The van der Waals surface area contributed by atoms with Gasteiger partial charge in [-0.25, -0.2) is 13.4 Å². The third-order valence-corrected chi connectivity index (χ3v) is 8.43. The highest BCUT2D eigenvalue weighted by Gasteiger charge is 2.30. The minimum Gasteiger partial charge on any atom is -0.342 e. The Morgan fingerprint density at radius 3 is 2.59 bits per heavy atom. The number of H-pyrrole nitrogens is 1. The SMILES string of the molecule is O=C(c1cccc(S(=O)(=O)N2CCCCC2)c1)N1CCCC(c2nc3ccccc3[nH]2)C1. The molecule has 2 fully saturated rings. The van der Waals surface area contributed by atoms with E-state index < -0.39 is 10.0 Å². The van der Waals surface area contributed by atoms with Crippen molar-refractivity contribution < 1.29 is 13.2 Å². The van der Waals surface area contributed by atoms with Gasteiger partial charge in [0.25, 0.3) is 5.91 Å². The van der Waals surface area contributed by atoms with Crippen molar-refractivity contribution in [1.29, 1.82) is 0 Å². The third kappa shape index (κ3) is 4.04. The van der Waals surface area contributed by atoms with Gasteiger partial charge in [-0.2, -0.15) is 4.31 Å². The number of imidazole rings is 1. The molecule has 0 aliphatic carbocycles. The molecule has 5 rings (SSSR count). The van der Waals surface area contributed by atoms with Crippen molar-refractivity contribution in [3.63, 3.8) is 0 Å². The summed E-state index contributed by atoms with van der Waals surface area (Å²) in [6.07, 6.45) is 4.68. The Hall–Kier alpha value is -2.71. The number of aromatic amines is 1. The van der Waals surface area contributed by atoms with Crippen LogP contribution in [0, 0.1) is 0 Å². The van der Waals surface area contributed by atoms with E-state index >= 15 is 0 Å². The minimum absolute atomic E-state index is 0.124. The molecule has 2 aliphatic rings. The largest absolute Gasteiger partial charge is 0.342 e. The zero-order valence-corrected chi connectivity index (χ0v) is 18.9. The van der Waals surface area contributed by atoms with Crippen LogP contribution >= 0.6 is 0 Å². The molecule has 0 bridgehead atoms. The van der Waals surface area contributed by atoms with E-state index in [1.165, 1.54) is 6.07 Å². The highest BCUT2D eigenvalue weighted by Crippen LogP contribution is 2.28. The van der Waals surface area contributed by atoms with Crippen LogP contribution < -0.4 is 0 Å². The molecule has 8 heteroatoms. The lowest BCUT2D eigenvalue weighted by molar-refractivity contribution is 0.0704. The number of carbonyl (C=O) groups is 1. The molecule has 2 saturated heterocycles. The molecule has 168 valence electrons. The highest BCUT2D eigenvalue weighted by molar-refractivity contribution is 7.89. The molecule has 32 heavy (non-hydrogen) atoms. The predicted molar refractivity (Wildman–Crippen MR) is 123 cm³/mol. The Morgan fingerprint density at radius 2 is 1.78 bits per heavy atom. The molecule has 2 aromatic carbocycles. The highest BCUT2D eigenvalue weighted by atomic mass is 32.2. The second-order valence-electron chi connectivity index (χ2n) is 8.72. The lowest BCUT2D eigenvalue weighted by atomic mass is 9.96. The first kappa shape index (κ1) is 21.2. The fourth-order valence-corrected chi connectivity index (χ4v) is 6.34. The summed E-state index contributed by atoms with van der Waals surface area (Å²) in [6, 6.07) is 14.4. The molecule has 3 aromatic rings. The zero-order valence-electron chi connectivity index (χ0n) is 18.0. The second-order valence-corrected chi connectivity index (χ2v) is 10.7. The zero-order chi connectivity index (χ0) is 22.1. The van der Waals surface area contributed by atoms with Crippen LogP contribution in [0.15, 0.2) is 53.4 Å². The molecular weight excluding hydrogens is 424 g/mol. The molecule has 1 amide bonds. The van der Waals surface area contributed by atoms with Gasteiger partial charge in [0.15, 0.2) is 0 Å². The van der Waals surface area contributed by atoms with Crippen molar-refractivity contribution in [3.05, 3.63) is 59.9 Å². The van der Waals surface area contributed by atoms with Crippen molar-refractivity contribution in [1.82, 2.24) is 19.2 Å². The molecule has 1 unspecified atom stereocenters. The monoisotopic (exact) mass is 452 g/mol. The number of nitrogens with zero attached hydrogens (tertiary/aromatic N) is 3. The molecule has 1 aromatic heterocycles. The first-order chi connectivity index (χ1) is 15.5. The van der Waals surface area contributed by atoms with Gasteiger partial charge in [-0.1, -0.05) is 24.6 Å². The number of rotatable bonds is 4. The van der Waals surface area contributed by atoms with Crippen LogP contribution in [0.5, 0.6) is 0 Å². The smallest absolute Gasteiger partial charge is 0.253 e. The van der Waals surface area contributed by atoms with Crippen molar-refractivity contribution in [3.8, 4) is 0 Å². The maximum atomic E-state index is 13.3. The maximum Gasteiger partial charge on any atom is 0.253 e. The van der Waals surface area contributed by atoms with Gasteiger partial charge in [-0.15, -0.1) is 0 Å². The molecule has 0 saturated carbocycles. The lowest BCUT2D eigenvalue weighted by Crippen LogP contribution is -2.39. The van der Waals surface area contributed by atoms with Crippen LogP contribution in [0.4, 0.5) is 0 Å². The van der Waals surface area contributed by atoms with E-state index in [0.717, 1.165) is 49.0 Å². The number of sulfonamides is 1. The number of para-hydroxylation sites is 2. The van der Waals surface area contributed by atoms with Crippen LogP contribution in [0.25, 0.3) is 11.0 Å². The standard InChI is InChI=1S/C24H28N4O3S/c29-24(18-8-6-10-20(16-18)32(30,31)28-14-4-1-5-15-28)27-13-7-9-19(17-27)23-25-21-11-2-3-12-22(21)26-23/h2-3,6,8,10-12,16,19H,1,4-5,7,9,13-15,17H2,(H,25,26). The Balaban J connectivity index is 1.35. The van der Waals surface area contributed by atoms with Crippen LogP contribution in [-0.4, -0.2) is 59.7 Å². The summed E-state index contributed by atoms with van der Waals surface area (Å²) >= 11 is 0. The Labute approximate surface area is 188 Å². The van der Waals surface area contributed by atoms with E-state index in [1.54, 1.807) is 22.5 Å². The Bertz CT molecular complexity index is 1200. The fraction of sp³-hybridized carbons (Fsp3) is 0.417. The molecule has 0 radical (unpaired) electrons. The second kappa shape index (κ2) is 8.67. The normalized spacial score (nSPS) is 20.5. The summed E-state index contributed by atoms with van der Waals surface area (Å²) in [4.78, 5) is 23.4. The minimum atomic E-state index is -3.57. The van der Waals surface area contributed by atoms with Crippen molar-refractivity contribution in [2.24, 2.45) is 0 Å². The number of likely N-dealkylation sites (tertiary alicyclic amines) is 1. The van der Waals surface area contributed by atoms with Gasteiger partial charge in [0, 0.05) is 37.7 Å². The average molecular weight is 453 g/mol. The lowest BCUT2D eigenvalue weighted by Gasteiger charge is -2.32. The summed E-state index contributed by atoms with van der Waals surface area (Å²) in [6.45, 7) is 2.33. The third-order valence-electron chi connectivity index (χ3n) is 6.54. The Kier molecular flexibility index (Phi) is 5.73. The van der Waals surface area contributed by atoms with Gasteiger partial charge in [0.2, 0.25) is 10.0 Å². The molecule has 3 heterocycles. The quantitative estimate of drug-likeness (QED) is 0.653. The number of nitrogens with one attached hydrogen (secondary N) is 1. The van der Waals surface area contributed by atoms with E-state index in [2.05, 4.69) is 4.98 Å². The summed E-state index contributed by atoms with van der Waals surface area (Å²) in [7, 11) is -3.57. The number of benzene rings is 2. The summed E-state index contributed by atoms with van der Waals surface area (Å²) < 4.78 is 27.6. The molecule has 1 atom stereocenters. The molecule has 7 nitrogen and oxygen atoms in total. The number of piperidine rings is 2. The van der Waals surface area contributed by atoms with Gasteiger partial charge in [0.1, 0.15) is 5.82 Å². The van der Waals surface area contributed by atoms with Crippen LogP contribution in [0.2, 0.25) is 0 Å². The van der Waals surface area contributed by atoms with Crippen LogP contribution in [0.1, 0.15) is 54.2 Å². The van der Waals surface area contributed by atoms with E-state index in [-0.39, 0.29) is 16.7 Å². The first-order valence-corrected chi connectivity index (χ1v) is 12.8. The van der Waals surface area contributed by atoms with E-state index in [1.807, 2.05) is 29.2 Å². The first-order valence-electron chi connectivity index (χ1n) is 11.4. The number of aromatic nitrogens is 2.